The molecule has 1 aromatic carbocycles. The van der Waals surface area contributed by atoms with E-state index in [1.165, 1.54) is 18.1 Å². The van der Waals surface area contributed by atoms with E-state index in [1.807, 2.05) is 5.92 Å². The molecule has 0 radical (unpaired) electrons. The molecule has 1 amide bonds. The Kier molecular flexibility index (Phi) is 5.17. The monoisotopic (exact) mass is 335 g/mol. The fourth-order valence-corrected chi connectivity index (χ4v) is 3.34. The van der Waals surface area contributed by atoms with Crippen molar-refractivity contribution in [3.05, 3.63) is 23.2 Å². The van der Waals surface area contributed by atoms with E-state index in [4.69, 9.17) is 22.8 Å². The zero-order valence-electron chi connectivity index (χ0n) is 12.8. The molecule has 0 spiro atoms. The Bertz CT molecular complexity index is 659. The first-order valence-electron chi connectivity index (χ1n) is 7.34. The molecule has 1 fully saturated rings. The van der Waals surface area contributed by atoms with Crippen LogP contribution >= 0.6 is 11.6 Å². The van der Waals surface area contributed by atoms with Gasteiger partial charge in [-0.2, -0.15) is 0 Å². The predicted molar refractivity (Wildman–Crippen MR) is 87.8 cm³/mol. The highest BCUT2D eigenvalue weighted by atomic mass is 35.5. The van der Waals surface area contributed by atoms with Gasteiger partial charge >= 0.3 is 11.9 Å². The van der Waals surface area contributed by atoms with Crippen LogP contribution in [0.15, 0.2) is 18.2 Å². The summed E-state index contributed by atoms with van der Waals surface area (Å²) >= 11 is 6.12. The molecule has 1 aromatic rings. The first-order chi connectivity index (χ1) is 11.0. The molecular formula is C17H18ClNO4. The van der Waals surface area contributed by atoms with E-state index >= 15 is 0 Å². The highest BCUT2D eigenvalue weighted by Gasteiger charge is 2.48. The van der Waals surface area contributed by atoms with Crippen molar-refractivity contribution in [3.63, 3.8) is 0 Å². The van der Waals surface area contributed by atoms with E-state index in [2.05, 4.69) is 0 Å². The highest BCUT2D eigenvalue weighted by Crippen LogP contribution is 2.39. The Hall–Kier alpha value is -2.19. The molecule has 6 heteroatoms. The highest BCUT2D eigenvalue weighted by molar-refractivity contribution is 6.32. The molecule has 1 aliphatic rings. The van der Waals surface area contributed by atoms with Gasteiger partial charge in [0.1, 0.15) is 11.3 Å². The van der Waals surface area contributed by atoms with Crippen LogP contribution < -0.4 is 9.64 Å². The number of carboxylic acids is 1. The minimum Gasteiger partial charge on any atom is -0.495 e. The molecule has 122 valence electrons. The number of rotatable bonds is 4. The maximum atomic E-state index is 12.3. The van der Waals surface area contributed by atoms with Gasteiger partial charge in [0.2, 0.25) is 0 Å². The number of ether oxygens (including phenoxy) is 1. The molecule has 1 saturated carbocycles. The average molecular weight is 336 g/mol. The number of carbonyl (C=O) groups excluding carboxylic acids is 1. The molecule has 0 atom stereocenters. The number of halogens is 1. The molecule has 5 nitrogen and oxygen atoms in total. The lowest BCUT2D eigenvalue weighted by Gasteiger charge is -2.42. The molecule has 0 aliphatic heterocycles. The standard InChI is InChI=1S/C17H18ClNO4/c1-3-15(20)19(12-7-8-14(23-2)13(18)11-12)17(16(21)22)9-5-4-6-10-17/h1,7-8,11H,4-6,9-10H2,2H3,(H,21,22). The van der Waals surface area contributed by atoms with Gasteiger partial charge in [-0.05, 0) is 37.0 Å². The normalized spacial score (nSPS) is 16.2. The minimum atomic E-state index is -1.33. The SMILES string of the molecule is C#CC(=O)N(c1ccc(OC)c(Cl)c1)C1(C(=O)O)CCCCC1. The molecule has 0 heterocycles. The third-order valence-corrected chi connectivity index (χ3v) is 4.52. The summed E-state index contributed by atoms with van der Waals surface area (Å²) in [5, 5.41) is 10.1. The van der Waals surface area contributed by atoms with Gasteiger partial charge in [0.15, 0.2) is 0 Å². The number of benzene rings is 1. The largest absolute Gasteiger partial charge is 0.495 e. The van der Waals surface area contributed by atoms with Crippen molar-refractivity contribution in [2.75, 3.05) is 12.0 Å². The second kappa shape index (κ2) is 6.93. The number of hydrogen-bond acceptors (Lipinski definition) is 3. The molecule has 0 aromatic heterocycles. The number of terminal acetylenes is 1. The maximum Gasteiger partial charge on any atom is 0.330 e. The van der Waals surface area contributed by atoms with Gasteiger partial charge in [-0.3, -0.25) is 9.69 Å². The van der Waals surface area contributed by atoms with Crippen LogP contribution in [0.4, 0.5) is 5.69 Å². The molecule has 2 rings (SSSR count). The summed E-state index contributed by atoms with van der Waals surface area (Å²) in [7, 11) is 1.48. The molecule has 0 bridgehead atoms. The van der Waals surface area contributed by atoms with Crippen LogP contribution in [-0.4, -0.2) is 29.6 Å². The van der Waals surface area contributed by atoms with Crippen molar-refractivity contribution < 1.29 is 19.4 Å². The van der Waals surface area contributed by atoms with Crippen LogP contribution in [0.1, 0.15) is 32.1 Å². The van der Waals surface area contributed by atoms with Crippen LogP contribution in [-0.2, 0) is 9.59 Å². The number of methoxy groups -OCH3 is 1. The lowest BCUT2D eigenvalue weighted by molar-refractivity contribution is -0.146. The third kappa shape index (κ3) is 3.13. The summed E-state index contributed by atoms with van der Waals surface area (Å²) in [6.45, 7) is 0. The van der Waals surface area contributed by atoms with Gasteiger partial charge in [-0.25, -0.2) is 4.79 Å². The predicted octanol–water partition coefficient (Wildman–Crippen LogP) is 3.10. The Labute approximate surface area is 140 Å². The summed E-state index contributed by atoms with van der Waals surface area (Å²) in [5.41, 5.74) is -0.970. The van der Waals surface area contributed by atoms with Crippen LogP contribution in [0.2, 0.25) is 5.02 Å². The topological polar surface area (TPSA) is 66.8 Å². The molecule has 0 unspecified atom stereocenters. The van der Waals surface area contributed by atoms with Crippen LogP contribution in [0.25, 0.3) is 0 Å². The Morgan fingerprint density at radius 1 is 1.35 bits per heavy atom. The van der Waals surface area contributed by atoms with Gasteiger partial charge < -0.3 is 9.84 Å². The number of amides is 1. The van der Waals surface area contributed by atoms with Gasteiger partial charge in [-0.15, -0.1) is 6.42 Å². The molecular weight excluding hydrogens is 318 g/mol. The van der Waals surface area contributed by atoms with E-state index in [-0.39, 0.29) is 5.02 Å². The van der Waals surface area contributed by atoms with Gasteiger partial charge in [-0.1, -0.05) is 30.9 Å². The van der Waals surface area contributed by atoms with Gasteiger partial charge in [0.05, 0.1) is 12.1 Å². The van der Waals surface area contributed by atoms with Crippen LogP contribution in [0, 0.1) is 12.3 Å². The fraction of sp³-hybridized carbons (Fsp3) is 0.412. The first-order valence-corrected chi connectivity index (χ1v) is 7.72. The molecule has 1 N–H and O–H groups in total. The zero-order chi connectivity index (χ0) is 17.0. The number of anilines is 1. The Balaban J connectivity index is 2.56. The van der Waals surface area contributed by atoms with E-state index in [9.17, 15) is 14.7 Å². The van der Waals surface area contributed by atoms with Gasteiger partial charge in [0, 0.05) is 5.69 Å². The summed E-state index contributed by atoms with van der Waals surface area (Å²) in [5.74, 6) is 0.746. The van der Waals surface area contributed by atoms with Crippen molar-refractivity contribution in [2.24, 2.45) is 0 Å². The molecule has 0 saturated heterocycles. The van der Waals surface area contributed by atoms with E-state index in [0.29, 0.717) is 24.3 Å². The quantitative estimate of drug-likeness (QED) is 0.859. The van der Waals surface area contributed by atoms with Crippen molar-refractivity contribution in [3.8, 4) is 18.1 Å². The van der Waals surface area contributed by atoms with Crippen LogP contribution in [0.3, 0.4) is 0 Å². The summed E-state index contributed by atoms with van der Waals surface area (Å²) in [6, 6.07) is 4.70. The Morgan fingerprint density at radius 2 is 2.00 bits per heavy atom. The van der Waals surface area contributed by atoms with E-state index < -0.39 is 17.4 Å². The second-order valence-electron chi connectivity index (χ2n) is 5.50. The number of carboxylic acid groups (broad SMARTS) is 1. The molecule has 1 aliphatic carbocycles. The third-order valence-electron chi connectivity index (χ3n) is 4.23. The van der Waals surface area contributed by atoms with Crippen molar-refractivity contribution >= 4 is 29.2 Å². The first kappa shape index (κ1) is 17.2. The smallest absolute Gasteiger partial charge is 0.330 e. The van der Waals surface area contributed by atoms with Crippen molar-refractivity contribution in [1.29, 1.82) is 0 Å². The number of nitrogens with zero attached hydrogens (tertiary/aromatic N) is 1. The van der Waals surface area contributed by atoms with Crippen molar-refractivity contribution in [2.45, 2.75) is 37.6 Å². The summed E-state index contributed by atoms with van der Waals surface area (Å²) in [6.07, 6.45) is 8.39. The maximum absolute atomic E-state index is 12.3. The lowest BCUT2D eigenvalue weighted by atomic mass is 9.79. The summed E-state index contributed by atoms with van der Waals surface area (Å²) < 4.78 is 5.09. The minimum absolute atomic E-state index is 0.288. The lowest BCUT2D eigenvalue weighted by Crippen LogP contribution is -2.58. The van der Waals surface area contributed by atoms with Crippen LogP contribution in [0.5, 0.6) is 5.75 Å². The van der Waals surface area contributed by atoms with E-state index in [1.54, 1.807) is 12.1 Å². The van der Waals surface area contributed by atoms with Gasteiger partial charge in [0.25, 0.3) is 0 Å². The Morgan fingerprint density at radius 3 is 2.48 bits per heavy atom. The second-order valence-corrected chi connectivity index (χ2v) is 5.91. The number of aliphatic carboxylic acids is 1. The summed E-state index contributed by atoms with van der Waals surface area (Å²) in [4.78, 5) is 25.5. The number of carbonyl (C=O) groups is 2. The zero-order valence-corrected chi connectivity index (χ0v) is 13.6. The molecule has 23 heavy (non-hydrogen) atoms. The van der Waals surface area contributed by atoms with Crippen molar-refractivity contribution in [1.82, 2.24) is 0 Å². The average Bonchev–Trinajstić information content (AvgIpc) is 2.55. The van der Waals surface area contributed by atoms with E-state index in [0.717, 1.165) is 19.3 Å². The number of hydrogen-bond donors (Lipinski definition) is 1. The fourth-order valence-electron chi connectivity index (χ4n) is 3.09.